The first kappa shape index (κ1) is 29.6. The van der Waals surface area contributed by atoms with E-state index in [0.717, 1.165) is 23.1 Å². The number of aliphatic hydroxyl groups is 1. The van der Waals surface area contributed by atoms with Gasteiger partial charge in [0.05, 0.1) is 18.2 Å². The van der Waals surface area contributed by atoms with Crippen LogP contribution < -0.4 is 15.6 Å². The summed E-state index contributed by atoms with van der Waals surface area (Å²) in [5.74, 6) is 0.0667. The van der Waals surface area contributed by atoms with Crippen molar-refractivity contribution in [3.63, 3.8) is 0 Å². The van der Waals surface area contributed by atoms with E-state index in [4.69, 9.17) is 9.16 Å². The van der Waals surface area contributed by atoms with Gasteiger partial charge >= 0.3 is 6.16 Å². The highest BCUT2D eigenvalue weighted by molar-refractivity contribution is 6.74. The number of carbonyl (C=O) groups is 1. The number of ether oxygens (including phenoxy) is 1. The maximum atomic E-state index is 12.1. The first-order valence-electron chi connectivity index (χ1n) is 12.8. The molecule has 9 heteroatoms. The predicted octanol–water partition coefficient (Wildman–Crippen LogP) is 5.75. The van der Waals surface area contributed by atoms with Gasteiger partial charge < -0.3 is 29.7 Å². The van der Waals surface area contributed by atoms with Gasteiger partial charge in [0.25, 0.3) is 0 Å². The third-order valence-electron chi connectivity index (χ3n) is 7.26. The third kappa shape index (κ3) is 7.32. The molecule has 0 aliphatic heterocycles. The molecule has 3 rings (SSSR count). The molecule has 1 aromatic heterocycles. The number of hydrogen-bond acceptors (Lipinski definition) is 6. The Morgan fingerprint density at radius 3 is 2.37 bits per heavy atom. The fraction of sp³-hybridized carbons (Fsp3) is 0.448. The summed E-state index contributed by atoms with van der Waals surface area (Å²) in [6.07, 6.45) is -1.08. The van der Waals surface area contributed by atoms with Crippen LogP contribution in [0.25, 0.3) is 10.9 Å². The van der Waals surface area contributed by atoms with Gasteiger partial charge in [0.1, 0.15) is 0 Å². The Morgan fingerprint density at radius 2 is 1.74 bits per heavy atom. The molecular formula is C29H40N2O6Si. The summed E-state index contributed by atoms with van der Waals surface area (Å²) in [5.41, 5.74) is 2.51. The van der Waals surface area contributed by atoms with E-state index < -0.39 is 14.5 Å². The highest BCUT2D eigenvalue weighted by Gasteiger charge is 2.40. The summed E-state index contributed by atoms with van der Waals surface area (Å²) >= 11 is 0. The fourth-order valence-electron chi connectivity index (χ4n) is 4.24. The third-order valence-corrected chi connectivity index (χ3v) is 11.7. The molecule has 3 aromatic rings. The van der Waals surface area contributed by atoms with Gasteiger partial charge in [-0.15, -0.1) is 0 Å². The van der Waals surface area contributed by atoms with Crippen molar-refractivity contribution in [2.45, 2.75) is 77.4 Å². The average molecular weight is 541 g/mol. The molecule has 38 heavy (non-hydrogen) atoms. The maximum absolute atomic E-state index is 12.1. The molecule has 8 nitrogen and oxygen atoms in total. The quantitative estimate of drug-likeness (QED) is 0.147. The Hall–Kier alpha value is -2.98. The van der Waals surface area contributed by atoms with Gasteiger partial charge in [-0.2, -0.15) is 0 Å². The van der Waals surface area contributed by atoms with Gasteiger partial charge in [-0.25, -0.2) is 4.79 Å². The number of fused-ring (bicyclic) bond motifs is 1. The number of H-pyrrole nitrogens is 1. The summed E-state index contributed by atoms with van der Waals surface area (Å²) in [6.45, 7) is 15.7. The lowest BCUT2D eigenvalue weighted by Gasteiger charge is -2.40. The molecule has 4 N–H and O–H groups in total. The highest BCUT2D eigenvalue weighted by Crippen LogP contribution is 2.41. The van der Waals surface area contributed by atoms with Crippen LogP contribution >= 0.6 is 0 Å². The van der Waals surface area contributed by atoms with Gasteiger partial charge in [0.15, 0.2) is 14.1 Å². The van der Waals surface area contributed by atoms with Crippen LogP contribution in [0.15, 0.2) is 53.3 Å². The second kappa shape index (κ2) is 11.4. The smallest absolute Gasteiger partial charge is 0.449 e. The minimum Gasteiger partial charge on any atom is -0.449 e. The number of benzene rings is 2. The number of pyridine rings is 1. The summed E-state index contributed by atoms with van der Waals surface area (Å²) in [6, 6.07) is 14.4. The molecule has 0 saturated carbocycles. The molecule has 1 heterocycles. The lowest BCUT2D eigenvalue weighted by atomic mass is 9.93. The van der Waals surface area contributed by atoms with E-state index in [0.29, 0.717) is 17.4 Å². The number of aromatic nitrogens is 1. The van der Waals surface area contributed by atoms with Crippen LogP contribution in [-0.2, 0) is 17.5 Å². The van der Waals surface area contributed by atoms with Crippen molar-refractivity contribution in [2.75, 3.05) is 6.54 Å². The molecule has 0 radical (unpaired) electrons. The minimum absolute atomic E-state index is 0.000872. The van der Waals surface area contributed by atoms with Crippen molar-refractivity contribution in [3.8, 4) is 5.75 Å². The molecule has 1 unspecified atom stereocenters. The van der Waals surface area contributed by atoms with E-state index in [1.165, 1.54) is 6.07 Å². The molecular weight excluding hydrogens is 500 g/mol. The van der Waals surface area contributed by atoms with Gasteiger partial charge in [-0.05, 0) is 67.2 Å². The molecule has 0 fully saturated rings. The van der Waals surface area contributed by atoms with Gasteiger partial charge in [0.2, 0.25) is 5.56 Å². The molecule has 0 saturated heterocycles. The first-order chi connectivity index (χ1) is 17.6. The molecule has 0 aliphatic rings. The van der Waals surface area contributed by atoms with E-state index in [-0.39, 0.29) is 34.6 Å². The zero-order valence-electron chi connectivity index (χ0n) is 23.3. The van der Waals surface area contributed by atoms with Gasteiger partial charge in [-0.3, -0.25) is 4.79 Å². The predicted molar refractivity (Wildman–Crippen MR) is 152 cm³/mol. The zero-order chi connectivity index (χ0) is 28.3. The lowest BCUT2D eigenvalue weighted by Crippen LogP contribution is -2.47. The van der Waals surface area contributed by atoms with Gasteiger partial charge in [-0.1, -0.05) is 51.1 Å². The highest BCUT2D eigenvalue weighted by atomic mass is 28.4. The molecule has 1 atom stereocenters. The van der Waals surface area contributed by atoms with Crippen LogP contribution in [0.4, 0.5) is 4.79 Å². The fourth-order valence-corrected chi connectivity index (χ4v) is 5.51. The van der Waals surface area contributed by atoms with E-state index in [1.54, 1.807) is 12.1 Å². The average Bonchev–Trinajstić information content (AvgIpc) is 2.81. The molecule has 0 bridgehead atoms. The molecule has 2 aromatic carbocycles. The van der Waals surface area contributed by atoms with Crippen molar-refractivity contribution >= 4 is 25.4 Å². The Bertz CT molecular complexity index is 1340. The summed E-state index contributed by atoms with van der Waals surface area (Å²) in [4.78, 5) is 26.1. The van der Waals surface area contributed by atoms with Crippen LogP contribution in [0.3, 0.4) is 0 Å². The van der Waals surface area contributed by atoms with Crippen LogP contribution in [0.2, 0.25) is 18.1 Å². The largest absolute Gasteiger partial charge is 0.511 e. The Balaban J connectivity index is 2.00. The van der Waals surface area contributed by atoms with E-state index in [2.05, 4.69) is 64.1 Å². The monoisotopic (exact) mass is 540 g/mol. The number of aliphatic hydroxyl groups excluding tert-OH is 1. The first-order valence-corrected chi connectivity index (χ1v) is 15.7. The van der Waals surface area contributed by atoms with Gasteiger partial charge in [0, 0.05) is 23.5 Å². The second-order valence-corrected chi connectivity index (χ2v) is 16.7. The van der Waals surface area contributed by atoms with E-state index >= 15 is 0 Å². The number of rotatable bonds is 10. The number of aromatic amines is 1. The Kier molecular flexibility index (Phi) is 8.88. The van der Waals surface area contributed by atoms with Crippen LogP contribution in [0.5, 0.6) is 5.75 Å². The molecule has 206 valence electrons. The van der Waals surface area contributed by atoms with Crippen molar-refractivity contribution in [3.05, 3.63) is 75.6 Å². The lowest BCUT2D eigenvalue weighted by molar-refractivity contribution is 0.145. The van der Waals surface area contributed by atoms with Crippen LogP contribution in [0, 0.1) is 0 Å². The standard InChI is InChI=1S/C29H40N2O6Si/c1-28(2,3)38(6,7)37-24(17-30-29(4,5)16-19-9-8-10-20(15-19)18-32)21-11-13-23(36-27(34)35)26-22(21)12-14-25(33)31-26/h8-15,24,30,32H,16-18H2,1-7H3,(H,31,33)(H,34,35). The topological polar surface area (TPSA) is 121 Å². The summed E-state index contributed by atoms with van der Waals surface area (Å²) in [7, 11) is -2.24. The minimum atomic E-state index is -2.24. The number of carboxylic acid groups (broad SMARTS) is 1. The Labute approximate surface area is 225 Å². The van der Waals surface area contributed by atoms with Crippen LogP contribution in [0.1, 0.15) is 57.4 Å². The van der Waals surface area contributed by atoms with E-state index in [9.17, 15) is 19.8 Å². The maximum Gasteiger partial charge on any atom is 0.511 e. The van der Waals surface area contributed by atoms with Crippen molar-refractivity contribution < 1.29 is 24.2 Å². The van der Waals surface area contributed by atoms with Crippen molar-refractivity contribution in [2.24, 2.45) is 0 Å². The van der Waals surface area contributed by atoms with Crippen molar-refractivity contribution in [1.82, 2.24) is 10.3 Å². The normalized spacial score (nSPS) is 13.5. The molecule has 0 amide bonds. The SMILES string of the molecule is CC(C)(Cc1cccc(CO)c1)NCC(O[Si](C)(C)C(C)(C)C)c1ccc(OC(=O)O)c2[nH]c(=O)ccc12. The zero-order valence-corrected chi connectivity index (χ0v) is 24.3. The molecule has 0 spiro atoms. The van der Waals surface area contributed by atoms with Crippen LogP contribution in [-0.4, -0.2) is 41.8 Å². The second-order valence-electron chi connectivity index (χ2n) is 11.9. The summed E-state index contributed by atoms with van der Waals surface area (Å²) < 4.78 is 11.9. The number of nitrogens with one attached hydrogen (secondary N) is 2. The molecule has 0 aliphatic carbocycles. The summed E-state index contributed by atoms with van der Waals surface area (Å²) in [5, 5.41) is 23.0. The van der Waals surface area contributed by atoms with Crippen molar-refractivity contribution in [1.29, 1.82) is 0 Å². The van der Waals surface area contributed by atoms with E-state index in [1.807, 2.05) is 24.3 Å². The Morgan fingerprint density at radius 1 is 1.05 bits per heavy atom. The number of hydrogen-bond donors (Lipinski definition) is 4.